The molecular formula is C14H14F2N2O2. The Labute approximate surface area is 115 Å². The van der Waals surface area contributed by atoms with Gasteiger partial charge in [-0.15, -0.1) is 0 Å². The molecule has 0 amide bonds. The van der Waals surface area contributed by atoms with Crippen LogP contribution in [-0.2, 0) is 6.54 Å². The molecule has 1 heterocycles. The summed E-state index contributed by atoms with van der Waals surface area (Å²) in [7, 11) is 1.51. The highest BCUT2D eigenvalue weighted by Gasteiger charge is 2.10. The maximum atomic E-state index is 12.4. The van der Waals surface area contributed by atoms with Gasteiger partial charge in [0.05, 0.1) is 12.8 Å². The molecule has 0 saturated heterocycles. The predicted octanol–water partition coefficient (Wildman–Crippen LogP) is 3.30. The van der Waals surface area contributed by atoms with Gasteiger partial charge in [0, 0.05) is 25.0 Å². The molecule has 2 rings (SSSR count). The minimum atomic E-state index is -2.87. The highest BCUT2D eigenvalue weighted by atomic mass is 19.3. The van der Waals surface area contributed by atoms with Crippen LogP contribution in [0.5, 0.6) is 11.5 Å². The lowest BCUT2D eigenvalue weighted by molar-refractivity contribution is -0.0494. The molecule has 0 bridgehead atoms. The highest BCUT2D eigenvalue weighted by molar-refractivity contribution is 5.60. The number of aromatic nitrogens is 1. The molecule has 0 aliphatic heterocycles. The van der Waals surface area contributed by atoms with E-state index in [-0.39, 0.29) is 5.75 Å². The van der Waals surface area contributed by atoms with Crippen LogP contribution in [0.3, 0.4) is 0 Å². The molecule has 0 unspecified atom stereocenters. The van der Waals surface area contributed by atoms with Gasteiger partial charge in [-0.25, -0.2) is 0 Å². The SMILES string of the molecule is COc1ccc(OC(F)F)c(NCc2cccnc2)c1. The third-order valence-electron chi connectivity index (χ3n) is 2.61. The van der Waals surface area contributed by atoms with E-state index in [0.717, 1.165) is 5.56 Å². The van der Waals surface area contributed by atoms with Crippen LogP contribution in [0.25, 0.3) is 0 Å². The number of benzene rings is 1. The first-order valence-corrected chi connectivity index (χ1v) is 5.94. The second kappa shape index (κ2) is 6.70. The Kier molecular flexibility index (Phi) is 4.70. The van der Waals surface area contributed by atoms with Gasteiger partial charge in [0.2, 0.25) is 0 Å². The van der Waals surface area contributed by atoms with Crippen LogP contribution < -0.4 is 14.8 Å². The van der Waals surface area contributed by atoms with Crippen molar-refractivity contribution < 1.29 is 18.3 Å². The number of alkyl halides is 2. The fraction of sp³-hybridized carbons (Fsp3) is 0.214. The van der Waals surface area contributed by atoms with Crippen molar-refractivity contribution in [2.75, 3.05) is 12.4 Å². The average Bonchev–Trinajstić information content (AvgIpc) is 2.47. The smallest absolute Gasteiger partial charge is 0.387 e. The van der Waals surface area contributed by atoms with Gasteiger partial charge < -0.3 is 14.8 Å². The van der Waals surface area contributed by atoms with Crippen molar-refractivity contribution >= 4 is 5.69 Å². The molecule has 4 nitrogen and oxygen atoms in total. The standard InChI is InChI=1S/C14H14F2N2O2/c1-19-11-4-5-13(20-14(15)16)12(7-11)18-9-10-3-2-6-17-8-10/h2-8,14,18H,9H2,1H3. The van der Waals surface area contributed by atoms with Gasteiger partial charge in [0.1, 0.15) is 11.5 Å². The van der Waals surface area contributed by atoms with Crippen LogP contribution in [0.1, 0.15) is 5.56 Å². The summed E-state index contributed by atoms with van der Waals surface area (Å²) in [5.74, 6) is 0.630. The molecule has 0 aliphatic carbocycles. The number of hydrogen-bond donors (Lipinski definition) is 1. The molecule has 0 spiro atoms. The molecule has 106 valence electrons. The average molecular weight is 280 g/mol. The molecule has 20 heavy (non-hydrogen) atoms. The first-order valence-electron chi connectivity index (χ1n) is 5.94. The fourth-order valence-electron chi connectivity index (χ4n) is 1.67. The van der Waals surface area contributed by atoms with Gasteiger partial charge in [-0.1, -0.05) is 6.07 Å². The van der Waals surface area contributed by atoms with E-state index in [1.807, 2.05) is 6.07 Å². The summed E-state index contributed by atoms with van der Waals surface area (Å²) in [6, 6.07) is 8.30. The van der Waals surface area contributed by atoms with E-state index in [1.54, 1.807) is 30.6 Å². The molecule has 0 atom stereocenters. The number of ether oxygens (including phenoxy) is 2. The Morgan fingerprint density at radius 3 is 2.80 bits per heavy atom. The third kappa shape index (κ3) is 3.81. The summed E-state index contributed by atoms with van der Waals surface area (Å²) in [4.78, 5) is 3.99. The zero-order valence-corrected chi connectivity index (χ0v) is 10.8. The molecule has 1 aromatic carbocycles. The number of anilines is 1. The van der Waals surface area contributed by atoms with Gasteiger partial charge in [-0.2, -0.15) is 8.78 Å². The Balaban J connectivity index is 2.15. The second-order valence-corrected chi connectivity index (χ2v) is 3.96. The molecule has 0 saturated carbocycles. The normalized spacial score (nSPS) is 10.4. The van der Waals surface area contributed by atoms with E-state index in [4.69, 9.17) is 4.74 Å². The molecule has 0 radical (unpaired) electrons. The van der Waals surface area contributed by atoms with Crippen molar-refractivity contribution in [3.8, 4) is 11.5 Å². The zero-order valence-electron chi connectivity index (χ0n) is 10.8. The van der Waals surface area contributed by atoms with E-state index >= 15 is 0 Å². The Morgan fingerprint density at radius 1 is 1.30 bits per heavy atom. The van der Waals surface area contributed by atoms with Crippen LogP contribution >= 0.6 is 0 Å². The van der Waals surface area contributed by atoms with Crippen molar-refractivity contribution in [3.05, 3.63) is 48.3 Å². The van der Waals surface area contributed by atoms with E-state index in [9.17, 15) is 8.78 Å². The lowest BCUT2D eigenvalue weighted by atomic mass is 10.2. The Morgan fingerprint density at radius 2 is 2.15 bits per heavy atom. The lowest BCUT2D eigenvalue weighted by Crippen LogP contribution is -2.07. The summed E-state index contributed by atoms with van der Waals surface area (Å²) in [5.41, 5.74) is 1.37. The van der Waals surface area contributed by atoms with Gasteiger partial charge in [0.25, 0.3) is 0 Å². The maximum absolute atomic E-state index is 12.4. The molecule has 6 heteroatoms. The predicted molar refractivity (Wildman–Crippen MR) is 71.2 cm³/mol. The molecule has 1 N–H and O–H groups in total. The van der Waals surface area contributed by atoms with Crippen LogP contribution in [0.2, 0.25) is 0 Å². The second-order valence-electron chi connectivity index (χ2n) is 3.96. The number of hydrogen-bond acceptors (Lipinski definition) is 4. The lowest BCUT2D eigenvalue weighted by Gasteiger charge is -2.14. The summed E-state index contributed by atoms with van der Waals surface area (Å²) in [6.45, 7) is -2.43. The zero-order chi connectivity index (χ0) is 14.4. The molecule has 0 aliphatic rings. The van der Waals surface area contributed by atoms with Crippen LogP contribution in [0.4, 0.5) is 14.5 Å². The van der Waals surface area contributed by atoms with Crippen LogP contribution in [-0.4, -0.2) is 18.7 Å². The topological polar surface area (TPSA) is 43.4 Å². The van der Waals surface area contributed by atoms with Crippen LogP contribution in [0.15, 0.2) is 42.7 Å². The molecular weight excluding hydrogens is 266 g/mol. The minimum Gasteiger partial charge on any atom is -0.497 e. The summed E-state index contributed by atoms with van der Waals surface area (Å²) in [5, 5.41) is 3.03. The number of halogens is 2. The molecule has 2 aromatic rings. The van der Waals surface area contributed by atoms with E-state index in [1.165, 1.54) is 13.2 Å². The summed E-state index contributed by atoms with van der Waals surface area (Å²) in [6.07, 6.45) is 3.36. The first kappa shape index (κ1) is 14.0. The van der Waals surface area contributed by atoms with E-state index in [0.29, 0.717) is 18.0 Å². The van der Waals surface area contributed by atoms with Gasteiger partial charge in [0.15, 0.2) is 0 Å². The van der Waals surface area contributed by atoms with Crippen molar-refractivity contribution in [2.45, 2.75) is 13.2 Å². The van der Waals surface area contributed by atoms with Gasteiger partial charge >= 0.3 is 6.61 Å². The molecule has 0 fully saturated rings. The van der Waals surface area contributed by atoms with Crippen molar-refractivity contribution in [3.63, 3.8) is 0 Å². The number of pyridine rings is 1. The summed E-state index contributed by atoms with van der Waals surface area (Å²) < 4.78 is 34.2. The van der Waals surface area contributed by atoms with E-state index in [2.05, 4.69) is 15.0 Å². The van der Waals surface area contributed by atoms with Crippen LogP contribution in [0, 0.1) is 0 Å². The summed E-state index contributed by atoms with van der Waals surface area (Å²) >= 11 is 0. The number of rotatable bonds is 6. The van der Waals surface area contributed by atoms with Gasteiger partial charge in [-0.3, -0.25) is 4.98 Å². The van der Waals surface area contributed by atoms with Crippen molar-refractivity contribution in [1.82, 2.24) is 4.98 Å². The number of methoxy groups -OCH3 is 1. The Hall–Kier alpha value is -2.37. The minimum absolute atomic E-state index is 0.0738. The number of nitrogens with zero attached hydrogens (tertiary/aromatic N) is 1. The highest BCUT2D eigenvalue weighted by Crippen LogP contribution is 2.30. The van der Waals surface area contributed by atoms with E-state index < -0.39 is 6.61 Å². The number of nitrogens with one attached hydrogen (secondary N) is 1. The first-order chi connectivity index (χ1) is 9.69. The fourth-order valence-corrected chi connectivity index (χ4v) is 1.67. The monoisotopic (exact) mass is 280 g/mol. The quantitative estimate of drug-likeness (QED) is 0.881. The maximum Gasteiger partial charge on any atom is 0.387 e. The third-order valence-corrected chi connectivity index (χ3v) is 2.61. The Bertz CT molecular complexity index is 550. The van der Waals surface area contributed by atoms with Crippen molar-refractivity contribution in [1.29, 1.82) is 0 Å². The molecule has 1 aromatic heterocycles. The largest absolute Gasteiger partial charge is 0.497 e. The van der Waals surface area contributed by atoms with Gasteiger partial charge in [-0.05, 0) is 23.8 Å². The van der Waals surface area contributed by atoms with Crippen molar-refractivity contribution in [2.24, 2.45) is 0 Å².